The molecule has 0 saturated carbocycles. The normalized spacial score (nSPS) is 14.5. The zero-order valence-electron chi connectivity index (χ0n) is 9.19. The minimum Gasteiger partial charge on any atom is -0.379 e. The van der Waals surface area contributed by atoms with E-state index in [0.29, 0.717) is 0 Å². The summed E-state index contributed by atoms with van der Waals surface area (Å²) in [5, 5.41) is 12.4. The molecule has 1 aromatic carbocycles. The Morgan fingerprint density at radius 2 is 2.07 bits per heavy atom. The standard InChI is InChI=1S/C13H19NO/c1-3-7-13(14-11(2)15)10-12-8-5-4-6-9-12/h3-6,8-9,11,13-15H,1,7,10H2,2H3/t11-,13+/m1/s1. The molecule has 0 aliphatic carbocycles. The number of hydrogen-bond donors (Lipinski definition) is 2. The Morgan fingerprint density at radius 1 is 1.40 bits per heavy atom. The van der Waals surface area contributed by atoms with Gasteiger partial charge in [0.05, 0.1) is 0 Å². The van der Waals surface area contributed by atoms with E-state index in [0.717, 1.165) is 12.8 Å². The van der Waals surface area contributed by atoms with Gasteiger partial charge >= 0.3 is 0 Å². The molecular formula is C13H19NO. The number of benzene rings is 1. The lowest BCUT2D eigenvalue weighted by Gasteiger charge is -2.19. The highest BCUT2D eigenvalue weighted by Crippen LogP contribution is 2.06. The molecule has 0 fully saturated rings. The van der Waals surface area contributed by atoms with Crippen LogP contribution in [0.3, 0.4) is 0 Å². The molecule has 82 valence electrons. The average molecular weight is 205 g/mol. The van der Waals surface area contributed by atoms with Crippen LogP contribution in [0.2, 0.25) is 0 Å². The first-order valence-electron chi connectivity index (χ1n) is 5.31. The Kier molecular flexibility index (Phi) is 5.08. The smallest absolute Gasteiger partial charge is 0.102 e. The Hall–Kier alpha value is -1.12. The number of nitrogens with one attached hydrogen (secondary N) is 1. The molecule has 2 nitrogen and oxygen atoms in total. The van der Waals surface area contributed by atoms with Gasteiger partial charge in [0.1, 0.15) is 6.23 Å². The van der Waals surface area contributed by atoms with Gasteiger partial charge in [0.2, 0.25) is 0 Å². The van der Waals surface area contributed by atoms with Gasteiger partial charge in [0.25, 0.3) is 0 Å². The SMILES string of the molecule is C=CC[C@@H](Cc1ccccc1)N[C@@H](C)O. The van der Waals surface area contributed by atoms with Crippen molar-refractivity contribution >= 4 is 0 Å². The molecule has 0 amide bonds. The topological polar surface area (TPSA) is 32.3 Å². The predicted octanol–water partition coefficient (Wildman–Crippen LogP) is 2.10. The van der Waals surface area contributed by atoms with Gasteiger partial charge in [-0.25, -0.2) is 0 Å². The summed E-state index contributed by atoms with van der Waals surface area (Å²) in [4.78, 5) is 0. The van der Waals surface area contributed by atoms with Gasteiger partial charge in [-0.05, 0) is 25.3 Å². The molecule has 0 unspecified atom stereocenters. The minimum absolute atomic E-state index is 0.255. The zero-order chi connectivity index (χ0) is 11.1. The quantitative estimate of drug-likeness (QED) is 0.550. The Balaban J connectivity index is 2.54. The first-order chi connectivity index (χ1) is 7.22. The van der Waals surface area contributed by atoms with Crippen molar-refractivity contribution in [3.63, 3.8) is 0 Å². The highest BCUT2D eigenvalue weighted by atomic mass is 16.3. The molecule has 2 atom stereocenters. The summed E-state index contributed by atoms with van der Waals surface area (Å²) in [6.45, 7) is 5.46. The maximum absolute atomic E-state index is 9.28. The van der Waals surface area contributed by atoms with Crippen LogP contribution in [0.25, 0.3) is 0 Å². The molecule has 0 heterocycles. The van der Waals surface area contributed by atoms with E-state index in [2.05, 4.69) is 24.0 Å². The van der Waals surface area contributed by atoms with Crippen LogP contribution in [0, 0.1) is 0 Å². The lowest BCUT2D eigenvalue weighted by molar-refractivity contribution is 0.140. The van der Waals surface area contributed by atoms with E-state index in [1.54, 1.807) is 6.92 Å². The van der Waals surface area contributed by atoms with E-state index in [1.165, 1.54) is 5.56 Å². The van der Waals surface area contributed by atoms with Crippen molar-refractivity contribution in [2.45, 2.75) is 32.0 Å². The van der Waals surface area contributed by atoms with Crippen molar-refractivity contribution < 1.29 is 5.11 Å². The van der Waals surface area contributed by atoms with Crippen LogP contribution in [0.1, 0.15) is 18.9 Å². The number of aliphatic hydroxyl groups is 1. The third-order valence-corrected chi connectivity index (χ3v) is 2.25. The summed E-state index contributed by atoms with van der Waals surface area (Å²) in [6, 6.07) is 10.5. The fourth-order valence-corrected chi connectivity index (χ4v) is 1.65. The minimum atomic E-state index is -0.473. The highest BCUT2D eigenvalue weighted by Gasteiger charge is 2.09. The molecule has 15 heavy (non-hydrogen) atoms. The Labute approximate surface area is 91.6 Å². The lowest BCUT2D eigenvalue weighted by atomic mass is 10.0. The molecule has 0 aromatic heterocycles. The van der Waals surface area contributed by atoms with E-state index in [9.17, 15) is 5.11 Å². The Bertz CT molecular complexity index is 282. The second-order valence-electron chi connectivity index (χ2n) is 3.75. The lowest BCUT2D eigenvalue weighted by Crippen LogP contribution is -2.37. The molecule has 0 spiro atoms. The van der Waals surface area contributed by atoms with Crippen molar-refractivity contribution in [2.24, 2.45) is 0 Å². The Morgan fingerprint density at radius 3 is 2.60 bits per heavy atom. The van der Waals surface area contributed by atoms with Gasteiger partial charge in [-0.2, -0.15) is 0 Å². The van der Waals surface area contributed by atoms with Crippen LogP contribution in [0.4, 0.5) is 0 Å². The van der Waals surface area contributed by atoms with Crippen molar-refractivity contribution in [3.05, 3.63) is 48.6 Å². The van der Waals surface area contributed by atoms with Crippen LogP contribution < -0.4 is 5.32 Å². The van der Waals surface area contributed by atoms with Gasteiger partial charge in [-0.15, -0.1) is 6.58 Å². The van der Waals surface area contributed by atoms with Gasteiger partial charge in [-0.1, -0.05) is 36.4 Å². The molecule has 1 aromatic rings. The van der Waals surface area contributed by atoms with E-state index >= 15 is 0 Å². The second kappa shape index (κ2) is 6.38. The fraction of sp³-hybridized carbons (Fsp3) is 0.385. The molecule has 0 radical (unpaired) electrons. The van der Waals surface area contributed by atoms with Crippen molar-refractivity contribution in [1.82, 2.24) is 5.32 Å². The average Bonchev–Trinajstić information content (AvgIpc) is 2.18. The monoisotopic (exact) mass is 205 g/mol. The molecule has 2 N–H and O–H groups in total. The van der Waals surface area contributed by atoms with E-state index in [1.807, 2.05) is 24.3 Å². The van der Waals surface area contributed by atoms with Crippen molar-refractivity contribution in [2.75, 3.05) is 0 Å². The van der Waals surface area contributed by atoms with E-state index in [4.69, 9.17) is 0 Å². The van der Waals surface area contributed by atoms with Crippen molar-refractivity contribution in [1.29, 1.82) is 0 Å². The summed E-state index contributed by atoms with van der Waals surface area (Å²) < 4.78 is 0. The largest absolute Gasteiger partial charge is 0.379 e. The maximum Gasteiger partial charge on any atom is 0.102 e. The van der Waals surface area contributed by atoms with Gasteiger partial charge in [-0.3, -0.25) is 5.32 Å². The molecule has 0 saturated heterocycles. The number of rotatable bonds is 6. The number of aliphatic hydroxyl groups excluding tert-OH is 1. The van der Waals surface area contributed by atoms with Crippen LogP contribution >= 0.6 is 0 Å². The van der Waals surface area contributed by atoms with E-state index in [-0.39, 0.29) is 6.04 Å². The van der Waals surface area contributed by atoms with Crippen molar-refractivity contribution in [3.8, 4) is 0 Å². The molecular weight excluding hydrogens is 186 g/mol. The zero-order valence-corrected chi connectivity index (χ0v) is 9.19. The third-order valence-electron chi connectivity index (χ3n) is 2.25. The summed E-state index contributed by atoms with van der Waals surface area (Å²) >= 11 is 0. The van der Waals surface area contributed by atoms with Crippen LogP contribution in [0.5, 0.6) is 0 Å². The summed E-state index contributed by atoms with van der Waals surface area (Å²) in [5.74, 6) is 0. The van der Waals surface area contributed by atoms with Crippen LogP contribution in [-0.2, 0) is 6.42 Å². The first-order valence-corrected chi connectivity index (χ1v) is 5.31. The molecule has 1 rings (SSSR count). The molecule has 0 aliphatic heterocycles. The first kappa shape index (κ1) is 12.0. The molecule has 0 aliphatic rings. The summed E-state index contributed by atoms with van der Waals surface area (Å²) in [5.41, 5.74) is 1.28. The van der Waals surface area contributed by atoms with Gasteiger partial charge in [0, 0.05) is 6.04 Å². The maximum atomic E-state index is 9.28. The van der Waals surface area contributed by atoms with Crippen LogP contribution in [0.15, 0.2) is 43.0 Å². The third kappa shape index (κ3) is 4.77. The second-order valence-corrected chi connectivity index (χ2v) is 3.75. The van der Waals surface area contributed by atoms with Crippen LogP contribution in [-0.4, -0.2) is 17.4 Å². The summed E-state index contributed by atoms with van der Waals surface area (Å²) in [7, 11) is 0. The molecule has 0 bridgehead atoms. The molecule has 2 heteroatoms. The van der Waals surface area contributed by atoms with Gasteiger partial charge in [0.15, 0.2) is 0 Å². The van der Waals surface area contributed by atoms with Gasteiger partial charge < -0.3 is 5.11 Å². The number of hydrogen-bond acceptors (Lipinski definition) is 2. The predicted molar refractivity (Wildman–Crippen MR) is 63.6 cm³/mol. The fourth-order valence-electron chi connectivity index (χ4n) is 1.65. The van der Waals surface area contributed by atoms with E-state index < -0.39 is 6.23 Å². The summed E-state index contributed by atoms with van der Waals surface area (Å²) in [6.07, 6.45) is 3.18. The highest BCUT2D eigenvalue weighted by molar-refractivity contribution is 5.16.